The van der Waals surface area contributed by atoms with E-state index in [1.165, 1.54) is 0 Å². The van der Waals surface area contributed by atoms with Crippen molar-refractivity contribution in [2.75, 3.05) is 6.54 Å². The van der Waals surface area contributed by atoms with Crippen LogP contribution in [0.5, 0.6) is 0 Å². The third kappa shape index (κ3) is 2.93. The van der Waals surface area contributed by atoms with E-state index in [1.807, 2.05) is 18.2 Å². The lowest BCUT2D eigenvalue weighted by atomic mass is 9.65. The van der Waals surface area contributed by atoms with Gasteiger partial charge in [-0.15, -0.1) is 0 Å². The van der Waals surface area contributed by atoms with Crippen LogP contribution in [-0.2, 0) is 10.0 Å². The quantitative estimate of drug-likeness (QED) is 0.809. The topological polar surface area (TPSA) is 50.5 Å². The lowest BCUT2D eigenvalue weighted by Gasteiger charge is -2.39. The summed E-state index contributed by atoms with van der Waals surface area (Å²) < 4.78 is 33.9. The highest BCUT2D eigenvalue weighted by Gasteiger charge is 2.53. The molecule has 1 aromatic carbocycles. The molecule has 0 amide bonds. The number of rotatable bonds is 3. The molecule has 1 saturated carbocycles. The van der Waals surface area contributed by atoms with Crippen molar-refractivity contribution in [3.05, 3.63) is 42.7 Å². The van der Waals surface area contributed by atoms with E-state index in [1.54, 1.807) is 28.8 Å². The van der Waals surface area contributed by atoms with Gasteiger partial charge in [0, 0.05) is 18.2 Å². The molecule has 2 unspecified atom stereocenters. The molecule has 2 fully saturated rings. The molecule has 1 aliphatic heterocycles. The first kappa shape index (κ1) is 16.9. The molecule has 134 valence electrons. The fourth-order valence-corrected chi connectivity index (χ4v) is 6.90. The van der Waals surface area contributed by atoms with Gasteiger partial charge < -0.3 is 4.42 Å². The molecule has 2 atom stereocenters. The van der Waals surface area contributed by atoms with Crippen LogP contribution in [0.15, 0.2) is 52.0 Å². The van der Waals surface area contributed by atoms with E-state index in [0.717, 1.165) is 24.8 Å². The van der Waals surface area contributed by atoms with Gasteiger partial charge in [-0.2, -0.15) is 4.31 Å². The molecule has 0 N–H and O–H groups in total. The highest BCUT2D eigenvalue weighted by Crippen LogP contribution is 2.53. The minimum absolute atomic E-state index is 0.0815. The van der Waals surface area contributed by atoms with Gasteiger partial charge in [0.15, 0.2) is 0 Å². The molecule has 25 heavy (non-hydrogen) atoms. The van der Waals surface area contributed by atoms with Crippen molar-refractivity contribution in [3.63, 3.8) is 0 Å². The molecule has 4 rings (SSSR count). The Morgan fingerprint density at radius 2 is 1.92 bits per heavy atom. The largest absolute Gasteiger partial charge is 0.464 e. The Morgan fingerprint density at radius 1 is 1.12 bits per heavy atom. The van der Waals surface area contributed by atoms with Crippen LogP contribution < -0.4 is 0 Å². The number of sulfonamides is 1. The lowest BCUT2D eigenvalue weighted by Crippen LogP contribution is -2.37. The van der Waals surface area contributed by atoms with E-state index in [9.17, 15) is 8.42 Å². The number of nitrogens with zero attached hydrogens (tertiary/aromatic N) is 1. The minimum atomic E-state index is -3.50. The Kier molecular flexibility index (Phi) is 3.68. The maximum atomic E-state index is 13.3. The van der Waals surface area contributed by atoms with Gasteiger partial charge in [-0.1, -0.05) is 32.9 Å². The van der Waals surface area contributed by atoms with E-state index in [0.29, 0.717) is 17.2 Å². The maximum Gasteiger partial charge on any atom is 0.243 e. The Balaban J connectivity index is 1.70. The van der Waals surface area contributed by atoms with Gasteiger partial charge in [-0.25, -0.2) is 8.42 Å². The molecule has 0 radical (unpaired) electrons. The summed E-state index contributed by atoms with van der Waals surface area (Å²) in [6, 6.07) is 10.8. The van der Waals surface area contributed by atoms with Crippen molar-refractivity contribution < 1.29 is 12.8 Å². The Labute approximate surface area is 149 Å². The van der Waals surface area contributed by atoms with Crippen LogP contribution in [0.1, 0.15) is 40.0 Å². The summed E-state index contributed by atoms with van der Waals surface area (Å²) in [4.78, 5) is 0.357. The molecule has 2 aromatic rings. The summed E-state index contributed by atoms with van der Waals surface area (Å²) in [5.74, 6) is 0.685. The summed E-state index contributed by atoms with van der Waals surface area (Å²) in [5.41, 5.74) is 1.07. The van der Waals surface area contributed by atoms with E-state index >= 15 is 0 Å². The second kappa shape index (κ2) is 5.45. The number of hydrogen-bond acceptors (Lipinski definition) is 3. The molecule has 0 spiro atoms. The molecule has 2 aliphatic rings. The highest BCUT2D eigenvalue weighted by molar-refractivity contribution is 7.89. The van der Waals surface area contributed by atoms with Crippen molar-refractivity contribution in [2.45, 2.75) is 51.0 Å². The average molecular weight is 359 g/mol. The van der Waals surface area contributed by atoms with Gasteiger partial charge in [0.2, 0.25) is 10.0 Å². The lowest BCUT2D eigenvalue weighted by molar-refractivity contribution is 0.133. The first-order valence-electron chi connectivity index (χ1n) is 8.85. The summed E-state index contributed by atoms with van der Waals surface area (Å²) >= 11 is 0. The fourth-order valence-electron chi connectivity index (χ4n) is 5.08. The van der Waals surface area contributed by atoms with Crippen molar-refractivity contribution in [1.82, 2.24) is 4.31 Å². The minimum Gasteiger partial charge on any atom is -0.464 e. The van der Waals surface area contributed by atoms with Crippen LogP contribution in [0.25, 0.3) is 11.3 Å². The van der Waals surface area contributed by atoms with Crippen molar-refractivity contribution in [1.29, 1.82) is 0 Å². The average Bonchev–Trinajstić information content (AvgIpc) is 3.13. The fraction of sp³-hybridized carbons (Fsp3) is 0.500. The van der Waals surface area contributed by atoms with E-state index < -0.39 is 10.0 Å². The summed E-state index contributed by atoms with van der Waals surface area (Å²) in [5, 5.41) is 0. The summed E-state index contributed by atoms with van der Waals surface area (Å²) in [6.45, 7) is 7.36. The number of benzene rings is 1. The van der Waals surface area contributed by atoms with E-state index in [-0.39, 0.29) is 16.9 Å². The second-order valence-corrected chi connectivity index (χ2v) is 10.7. The van der Waals surface area contributed by atoms with Crippen LogP contribution >= 0.6 is 0 Å². The predicted molar refractivity (Wildman–Crippen MR) is 97.6 cm³/mol. The SMILES string of the molecule is CC1(C)CC2CC(C)(CN2S(=O)(=O)c2cccc(-c3ccco3)c2)C1. The molecule has 1 aromatic heterocycles. The molecule has 1 saturated heterocycles. The Morgan fingerprint density at radius 3 is 2.64 bits per heavy atom. The molecule has 4 nitrogen and oxygen atoms in total. The van der Waals surface area contributed by atoms with E-state index in [4.69, 9.17) is 4.42 Å². The van der Waals surface area contributed by atoms with Crippen molar-refractivity contribution >= 4 is 10.0 Å². The van der Waals surface area contributed by atoms with Crippen LogP contribution in [0, 0.1) is 10.8 Å². The smallest absolute Gasteiger partial charge is 0.243 e. The molecule has 1 aliphatic carbocycles. The third-order valence-corrected chi connectivity index (χ3v) is 7.51. The van der Waals surface area contributed by atoms with Crippen LogP contribution in [0.2, 0.25) is 0 Å². The number of fused-ring (bicyclic) bond motifs is 2. The van der Waals surface area contributed by atoms with Crippen molar-refractivity contribution in [3.8, 4) is 11.3 Å². The zero-order valence-electron chi connectivity index (χ0n) is 15.0. The van der Waals surface area contributed by atoms with Crippen molar-refractivity contribution in [2.24, 2.45) is 10.8 Å². The van der Waals surface area contributed by atoms with Crippen LogP contribution in [0.3, 0.4) is 0 Å². The first-order valence-corrected chi connectivity index (χ1v) is 10.3. The zero-order chi connectivity index (χ0) is 17.9. The monoisotopic (exact) mass is 359 g/mol. The Bertz CT molecular complexity index is 885. The molecular weight excluding hydrogens is 334 g/mol. The van der Waals surface area contributed by atoms with Gasteiger partial charge in [0.1, 0.15) is 5.76 Å². The van der Waals surface area contributed by atoms with Gasteiger partial charge in [-0.3, -0.25) is 0 Å². The predicted octanol–water partition coefficient (Wildman–Crippen LogP) is 4.54. The first-order chi connectivity index (χ1) is 11.7. The summed E-state index contributed by atoms with van der Waals surface area (Å²) in [7, 11) is -3.50. The summed E-state index contributed by atoms with van der Waals surface area (Å²) in [6.07, 6.45) is 4.57. The zero-order valence-corrected chi connectivity index (χ0v) is 15.8. The highest BCUT2D eigenvalue weighted by atomic mass is 32.2. The number of furan rings is 1. The third-order valence-electron chi connectivity index (χ3n) is 5.61. The van der Waals surface area contributed by atoms with Gasteiger partial charge in [-0.05, 0) is 54.4 Å². The van der Waals surface area contributed by atoms with E-state index in [2.05, 4.69) is 20.8 Å². The molecule has 2 heterocycles. The van der Waals surface area contributed by atoms with Gasteiger partial charge in [0.25, 0.3) is 0 Å². The maximum absolute atomic E-state index is 13.3. The molecule has 5 heteroatoms. The van der Waals surface area contributed by atoms with Gasteiger partial charge >= 0.3 is 0 Å². The molecule has 2 bridgehead atoms. The normalized spacial score (nSPS) is 29.0. The van der Waals surface area contributed by atoms with Gasteiger partial charge in [0.05, 0.1) is 11.2 Å². The Hall–Kier alpha value is -1.59. The van der Waals surface area contributed by atoms with Crippen LogP contribution in [-0.4, -0.2) is 25.3 Å². The number of hydrogen-bond donors (Lipinski definition) is 0. The van der Waals surface area contributed by atoms with Crippen LogP contribution in [0.4, 0.5) is 0 Å². The molecular formula is C20H25NO3S. The second-order valence-electron chi connectivity index (χ2n) is 8.77. The standard InChI is InChI=1S/C20H25NO3S/c1-19(2)11-16-12-20(3,13-19)14-21(16)25(22,23)17-7-4-6-15(10-17)18-8-5-9-24-18/h4-10,16H,11-14H2,1-3H3.